The highest BCUT2D eigenvalue weighted by molar-refractivity contribution is 8.01. The Morgan fingerprint density at radius 2 is 1.79 bits per heavy atom. The number of hydrogen-bond acceptors (Lipinski definition) is 6. The van der Waals surface area contributed by atoms with Gasteiger partial charge in [0, 0.05) is 30.1 Å². The molecule has 1 amide bonds. The highest BCUT2D eigenvalue weighted by Crippen LogP contribution is 2.41. The summed E-state index contributed by atoms with van der Waals surface area (Å²) in [6.45, 7) is 3.14. The molecule has 0 bridgehead atoms. The molecule has 1 aromatic heterocycles. The Balaban J connectivity index is 1.45. The number of thiophene rings is 1. The van der Waals surface area contributed by atoms with Gasteiger partial charge in [-0.15, -0.1) is 11.8 Å². The molecule has 5 nitrogen and oxygen atoms in total. The number of piperidine rings is 1. The van der Waals surface area contributed by atoms with Crippen LogP contribution in [0.5, 0.6) is 0 Å². The molecular weight excluding hydrogens is 476 g/mol. The summed E-state index contributed by atoms with van der Waals surface area (Å²) in [5, 5.41) is 6.90. The van der Waals surface area contributed by atoms with Gasteiger partial charge in [0.2, 0.25) is 5.91 Å². The van der Waals surface area contributed by atoms with Crippen LogP contribution in [0.3, 0.4) is 0 Å². The zero-order valence-electron chi connectivity index (χ0n) is 17.8. The molecule has 5 rings (SSSR count). The van der Waals surface area contributed by atoms with Crippen LogP contribution in [0.1, 0.15) is 17.5 Å². The maximum absolute atomic E-state index is 13.4. The molecule has 2 saturated heterocycles. The Morgan fingerprint density at radius 3 is 2.45 bits per heavy atom. The second-order valence-electron chi connectivity index (χ2n) is 8.12. The number of amides is 1. The number of thioether (sulfide) groups is 1. The van der Waals surface area contributed by atoms with E-state index in [1.165, 1.54) is 11.8 Å². The van der Waals surface area contributed by atoms with E-state index in [0.29, 0.717) is 5.02 Å². The molecule has 0 saturated carbocycles. The van der Waals surface area contributed by atoms with E-state index in [2.05, 4.69) is 22.3 Å². The summed E-state index contributed by atoms with van der Waals surface area (Å²) in [4.78, 5) is 29.7. The second-order valence-corrected chi connectivity index (χ2v) is 10.5. The number of carbonyl (C=O) groups excluding carboxylic acids is 2. The van der Waals surface area contributed by atoms with Crippen LogP contribution in [0, 0.1) is 0 Å². The topological polar surface area (TPSA) is 58.6 Å². The van der Waals surface area contributed by atoms with Gasteiger partial charge in [-0.05, 0) is 52.2 Å². The van der Waals surface area contributed by atoms with E-state index >= 15 is 0 Å². The van der Waals surface area contributed by atoms with Crippen molar-refractivity contribution in [3.05, 3.63) is 81.5 Å². The van der Waals surface area contributed by atoms with Crippen molar-refractivity contribution in [1.29, 1.82) is 0 Å². The Bertz CT molecular complexity index is 1130. The lowest BCUT2D eigenvalue weighted by Gasteiger charge is -2.40. The highest BCUT2D eigenvalue weighted by atomic mass is 35.5. The monoisotopic (exact) mass is 498 g/mol. The zero-order chi connectivity index (χ0) is 22.8. The van der Waals surface area contributed by atoms with Crippen molar-refractivity contribution in [3.63, 3.8) is 0 Å². The summed E-state index contributed by atoms with van der Waals surface area (Å²) in [7, 11) is 0. The lowest BCUT2D eigenvalue weighted by Crippen LogP contribution is -2.57. The van der Waals surface area contributed by atoms with Gasteiger partial charge in [0.25, 0.3) is 0 Å². The van der Waals surface area contributed by atoms with Crippen LogP contribution < -0.4 is 10.2 Å². The van der Waals surface area contributed by atoms with Crippen LogP contribution in [0.15, 0.2) is 70.3 Å². The third-order valence-electron chi connectivity index (χ3n) is 6.14. The van der Waals surface area contributed by atoms with Gasteiger partial charge in [-0.2, -0.15) is 11.3 Å². The molecule has 1 N–H and O–H groups in total. The predicted molar refractivity (Wildman–Crippen MR) is 133 cm³/mol. The van der Waals surface area contributed by atoms with Crippen molar-refractivity contribution in [2.75, 3.05) is 31.2 Å². The van der Waals surface area contributed by atoms with Crippen LogP contribution in [0.2, 0.25) is 5.02 Å². The van der Waals surface area contributed by atoms with Crippen LogP contribution >= 0.6 is 34.7 Å². The van der Waals surface area contributed by atoms with E-state index < -0.39 is 10.8 Å². The Labute approximate surface area is 206 Å². The van der Waals surface area contributed by atoms with Crippen molar-refractivity contribution in [1.82, 2.24) is 5.32 Å². The third kappa shape index (κ3) is 4.43. The first-order valence-electron chi connectivity index (χ1n) is 10.8. The van der Waals surface area contributed by atoms with E-state index in [1.54, 1.807) is 17.4 Å². The smallest absolute Gasteiger partial charge is 0.242 e. The fourth-order valence-electron chi connectivity index (χ4n) is 4.41. The number of carbonyl (C=O) groups is 2. The molecule has 0 unspecified atom stereocenters. The van der Waals surface area contributed by atoms with Crippen LogP contribution in [-0.2, 0) is 19.9 Å². The quantitative estimate of drug-likeness (QED) is 0.515. The number of anilines is 1. The van der Waals surface area contributed by atoms with E-state index in [0.717, 1.165) is 48.0 Å². The number of Topliss-reactive ketones (excluding diaryl/α,β-unsaturated/α-hetero) is 1. The van der Waals surface area contributed by atoms with E-state index in [9.17, 15) is 9.59 Å². The maximum Gasteiger partial charge on any atom is 0.242 e. The van der Waals surface area contributed by atoms with Crippen LogP contribution in [-0.4, -0.2) is 43.2 Å². The molecule has 3 heterocycles. The number of nitrogens with one attached hydrogen (secondary N) is 1. The first-order chi connectivity index (χ1) is 16.1. The molecule has 0 radical (unpaired) electrons. The molecule has 2 fully saturated rings. The number of morpholine rings is 1. The van der Waals surface area contributed by atoms with Crippen molar-refractivity contribution < 1.29 is 14.3 Å². The fraction of sp³-hybridized carbons (Fsp3) is 0.280. The lowest BCUT2D eigenvalue weighted by atomic mass is 9.77. The molecule has 2 aromatic carbocycles. The van der Waals surface area contributed by atoms with Gasteiger partial charge in [-0.25, -0.2) is 0 Å². The van der Waals surface area contributed by atoms with Gasteiger partial charge >= 0.3 is 0 Å². The van der Waals surface area contributed by atoms with Gasteiger partial charge in [-0.3, -0.25) is 9.59 Å². The summed E-state index contributed by atoms with van der Waals surface area (Å²) in [5.41, 5.74) is 2.06. The van der Waals surface area contributed by atoms with Gasteiger partial charge < -0.3 is 15.0 Å². The summed E-state index contributed by atoms with van der Waals surface area (Å²) in [6.07, 6.45) is 0.189. The van der Waals surface area contributed by atoms with Crippen molar-refractivity contribution in [2.24, 2.45) is 0 Å². The molecule has 2 aliphatic heterocycles. The molecular formula is C25H23ClN2O3S2. The maximum atomic E-state index is 13.4. The molecule has 2 aliphatic rings. The minimum Gasteiger partial charge on any atom is -0.378 e. The number of ether oxygens (including phenoxy) is 1. The van der Waals surface area contributed by atoms with Crippen molar-refractivity contribution in [3.8, 4) is 0 Å². The molecule has 2 atom stereocenters. The summed E-state index contributed by atoms with van der Waals surface area (Å²) in [6, 6.07) is 17.4. The number of ketones is 1. The van der Waals surface area contributed by atoms with Crippen LogP contribution in [0.4, 0.5) is 5.69 Å². The first kappa shape index (κ1) is 22.5. The largest absolute Gasteiger partial charge is 0.378 e. The van der Waals surface area contributed by atoms with Crippen molar-refractivity contribution >= 4 is 52.1 Å². The van der Waals surface area contributed by atoms with E-state index in [4.69, 9.17) is 16.3 Å². The normalized spacial score (nSPS) is 23.4. The minimum absolute atomic E-state index is 0.105. The Morgan fingerprint density at radius 1 is 1.03 bits per heavy atom. The summed E-state index contributed by atoms with van der Waals surface area (Å²) in [5.74, 6) is -0.397. The molecule has 33 heavy (non-hydrogen) atoms. The number of benzene rings is 2. The average molecular weight is 499 g/mol. The molecule has 0 spiro atoms. The van der Waals surface area contributed by atoms with Gasteiger partial charge in [0.05, 0.1) is 23.8 Å². The summed E-state index contributed by atoms with van der Waals surface area (Å²) >= 11 is 9.04. The fourth-order valence-corrected chi connectivity index (χ4v) is 6.38. The average Bonchev–Trinajstić information content (AvgIpc) is 3.39. The van der Waals surface area contributed by atoms with Gasteiger partial charge in [0.1, 0.15) is 5.25 Å². The van der Waals surface area contributed by atoms with Gasteiger partial charge in [0.15, 0.2) is 5.78 Å². The van der Waals surface area contributed by atoms with E-state index in [1.807, 2.05) is 47.2 Å². The molecule has 8 heteroatoms. The second kappa shape index (κ2) is 9.50. The molecule has 3 aromatic rings. The van der Waals surface area contributed by atoms with E-state index in [-0.39, 0.29) is 18.1 Å². The van der Waals surface area contributed by atoms with Crippen LogP contribution in [0.25, 0.3) is 0 Å². The third-order valence-corrected chi connectivity index (χ3v) is 8.59. The zero-order valence-corrected chi connectivity index (χ0v) is 20.2. The first-order valence-corrected chi connectivity index (χ1v) is 13.0. The molecule has 170 valence electrons. The number of halogens is 1. The Hall–Kier alpha value is -2.32. The van der Waals surface area contributed by atoms with Crippen molar-refractivity contribution in [2.45, 2.75) is 22.1 Å². The SMILES string of the molecule is O=C1C[C@](c2ccc(N3CCOCC3)cc2)(c2ccsc2)NC(=O)[C@H]1Sc1ccccc1Cl. The number of rotatable bonds is 5. The number of hydrogen-bond donors (Lipinski definition) is 1. The lowest BCUT2D eigenvalue weighted by molar-refractivity contribution is -0.132. The minimum atomic E-state index is -0.880. The highest BCUT2D eigenvalue weighted by Gasteiger charge is 2.47. The predicted octanol–water partition coefficient (Wildman–Crippen LogP) is 4.73. The summed E-state index contributed by atoms with van der Waals surface area (Å²) < 4.78 is 5.45. The number of nitrogens with zero attached hydrogens (tertiary/aromatic N) is 1. The van der Waals surface area contributed by atoms with Gasteiger partial charge in [-0.1, -0.05) is 35.9 Å². The Kier molecular flexibility index (Phi) is 6.47. The standard InChI is InChI=1S/C25H23ClN2O3S2/c26-20-3-1-2-4-22(20)33-23-21(29)15-25(27-24(23)30,18-9-14-32-16-18)17-5-7-19(8-6-17)28-10-12-31-13-11-28/h1-9,14,16,23H,10-13,15H2,(H,27,30)/t23-,25-/m0/s1. The molecule has 0 aliphatic carbocycles.